The summed E-state index contributed by atoms with van der Waals surface area (Å²) in [5.41, 5.74) is 6.82. The molecule has 0 aromatic carbocycles. The van der Waals surface area contributed by atoms with Crippen molar-refractivity contribution in [2.45, 2.75) is 32.1 Å². The quantitative estimate of drug-likeness (QED) is 0.757. The van der Waals surface area contributed by atoms with E-state index in [0.29, 0.717) is 6.54 Å². The molecule has 1 rings (SSSR count). The highest BCUT2D eigenvalue weighted by atomic mass is 32.1. The normalized spacial score (nSPS) is 12.0. The number of ether oxygens (including phenoxy) is 1. The van der Waals surface area contributed by atoms with Gasteiger partial charge in [-0.05, 0) is 6.42 Å². The lowest BCUT2D eigenvalue weighted by molar-refractivity contribution is 0.195. The van der Waals surface area contributed by atoms with Crippen molar-refractivity contribution in [3.8, 4) is 0 Å². The van der Waals surface area contributed by atoms with E-state index in [1.54, 1.807) is 18.4 Å². The Kier molecular flexibility index (Phi) is 4.70. The second-order valence-corrected chi connectivity index (χ2v) is 5.25. The Morgan fingerprint density at radius 1 is 1.53 bits per heavy atom. The van der Waals surface area contributed by atoms with E-state index < -0.39 is 0 Å². The van der Waals surface area contributed by atoms with Gasteiger partial charge in [-0.1, -0.05) is 13.8 Å². The lowest BCUT2D eigenvalue weighted by Crippen LogP contribution is -2.28. The summed E-state index contributed by atoms with van der Waals surface area (Å²) < 4.78 is 5.02. The SMILES string of the molecule is COCCCc1nc(C(C)(C)CN)cs1. The Morgan fingerprint density at radius 3 is 2.87 bits per heavy atom. The average Bonchev–Trinajstić information content (AvgIpc) is 2.68. The number of hydrogen-bond donors (Lipinski definition) is 1. The van der Waals surface area contributed by atoms with Crippen LogP contribution in [0.3, 0.4) is 0 Å². The van der Waals surface area contributed by atoms with Crippen LogP contribution < -0.4 is 5.73 Å². The highest BCUT2D eigenvalue weighted by molar-refractivity contribution is 7.09. The highest BCUT2D eigenvalue weighted by Gasteiger charge is 2.21. The van der Waals surface area contributed by atoms with Crippen molar-refractivity contribution in [1.29, 1.82) is 0 Å². The van der Waals surface area contributed by atoms with E-state index >= 15 is 0 Å². The summed E-state index contributed by atoms with van der Waals surface area (Å²) in [6.45, 7) is 5.69. The van der Waals surface area contributed by atoms with E-state index in [-0.39, 0.29) is 5.41 Å². The third-order valence-electron chi connectivity index (χ3n) is 2.49. The minimum atomic E-state index is -0.00396. The van der Waals surface area contributed by atoms with Crippen molar-refractivity contribution in [3.63, 3.8) is 0 Å². The smallest absolute Gasteiger partial charge is 0.0929 e. The van der Waals surface area contributed by atoms with Crippen molar-refractivity contribution >= 4 is 11.3 Å². The molecule has 0 aliphatic carbocycles. The van der Waals surface area contributed by atoms with Crippen molar-refractivity contribution in [3.05, 3.63) is 16.1 Å². The van der Waals surface area contributed by atoms with E-state index in [4.69, 9.17) is 10.5 Å². The van der Waals surface area contributed by atoms with Gasteiger partial charge in [-0.3, -0.25) is 0 Å². The summed E-state index contributed by atoms with van der Waals surface area (Å²) in [4.78, 5) is 4.61. The Hall–Kier alpha value is -0.450. The van der Waals surface area contributed by atoms with Gasteiger partial charge in [0.15, 0.2) is 0 Å². The van der Waals surface area contributed by atoms with Gasteiger partial charge in [-0.2, -0.15) is 0 Å². The summed E-state index contributed by atoms with van der Waals surface area (Å²) in [5, 5.41) is 3.30. The van der Waals surface area contributed by atoms with E-state index in [2.05, 4.69) is 24.2 Å². The number of hydrogen-bond acceptors (Lipinski definition) is 4. The van der Waals surface area contributed by atoms with Gasteiger partial charge in [0.25, 0.3) is 0 Å². The first-order chi connectivity index (χ1) is 7.10. The molecule has 1 aromatic heterocycles. The second-order valence-electron chi connectivity index (χ2n) is 4.31. The van der Waals surface area contributed by atoms with E-state index in [0.717, 1.165) is 25.1 Å². The van der Waals surface area contributed by atoms with Crippen LogP contribution in [0, 0.1) is 0 Å². The van der Waals surface area contributed by atoms with E-state index in [9.17, 15) is 0 Å². The van der Waals surface area contributed by atoms with Crippen LogP contribution >= 0.6 is 11.3 Å². The molecule has 0 aliphatic rings. The maximum Gasteiger partial charge on any atom is 0.0929 e. The molecule has 0 amide bonds. The molecule has 0 saturated carbocycles. The number of methoxy groups -OCH3 is 1. The van der Waals surface area contributed by atoms with Crippen LogP contribution in [0.25, 0.3) is 0 Å². The Bertz CT molecular complexity index is 297. The van der Waals surface area contributed by atoms with Crippen molar-refractivity contribution in [1.82, 2.24) is 4.98 Å². The Balaban J connectivity index is 2.56. The summed E-state index contributed by atoms with van der Waals surface area (Å²) in [7, 11) is 1.73. The molecule has 0 atom stereocenters. The fourth-order valence-electron chi connectivity index (χ4n) is 1.21. The van der Waals surface area contributed by atoms with Crippen LogP contribution in [0.5, 0.6) is 0 Å². The topological polar surface area (TPSA) is 48.1 Å². The van der Waals surface area contributed by atoms with Gasteiger partial charge >= 0.3 is 0 Å². The maximum atomic E-state index is 5.71. The molecule has 0 radical (unpaired) electrons. The zero-order valence-corrected chi connectivity index (χ0v) is 10.6. The first kappa shape index (κ1) is 12.6. The Labute approximate surface area is 95.7 Å². The standard InChI is InChI=1S/C11H20N2OS/c1-11(2,8-12)9-7-15-10(13-9)5-4-6-14-3/h7H,4-6,8,12H2,1-3H3. The monoisotopic (exact) mass is 228 g/mol. The van der Waals surface area contributed by atoms with Crippen LogP contribution in [-0.2, 0) is 16.6 Å². The predicted octanol–water partition coefficient (Wildman–Crippen LogP) is 1.96. The molecular formula is C11H20N2OS. The summed E-state index contributed by atoms with van der Waals surface area (Å²) in [6, 6.07) is 0. The third-order valence-corrected chi connectivity index (χ3v) is 3.40. The van der Waals surface area contributed by atoms with Crippen molar-refractivity contribution in [2.75, 3.05) is 20.3 Å². The molecule has 1 aromatic rings. The molecule has 0 fully saturated rings. The number of aromatic nitrogens is 1. The minimum absolute atomic E-state index is 0.00396. The van der Waals surface area contributed by atoms with Crippen LogP contribution in [-0.4, -0.2) is 25.2 Å². The predicted molar refractivity (Wildman–Crippen MR) is 64.4 cm³/mol. The molecule has 3 nitrogen and oxygen atoms in total. The molecule has 0 unspecified atom stereocenters. The lowest BCUT2D eigenvalue weighted by atomic mass is 9.90. The van der Waals surface area contributed by atoms with Crippen LogP contribution in [0.1, 0.15) is 31.0 Å². The number of nitrogens with two attached hydrogens (primary N) is 1. The van der Waals surface area contributed by atoms with Gasteiger partial charge in [-0.15, -0.1) is 11.3 Å². The molecule has 0 bridgehead atoms. The fraction of sp³-hybridized carbons (Fsp3) is 0.727. The minimum Gasteiger partial charge on any atom is -0.385 e. The largest absolute Gasteiger partial charge is 0.385 e. The van der Waals surface area contributed by atoms with E-state index in [1.165, 1.54) is 5.01 Å². The number of nitrogens with zero attached hydrogens (tertiary/aromatic N) is 1. The number of rotatable bonds is 6. The van der Waals surface area contributed by atoms with Crippen LogP contribution in [0.15, 0.2) is 5.38 Å². The zero-order chi connectivity index (χ0) is 11.3. The third kappa shape index (κ3) is 3.55. The molecule has 0 saturated heterocycles. The van der Waals surface area contributed by atoms with Gasteiger partial charge in [0.1, 0.15) is 0 Å². The molecule has 2 N–H and O–H groups in total. The molecule has 1 heterocycles. The number of thiazole rings is 1. The molecule has 15 heavy (non-hydrogen) atoms. The highest BCUT2D eigenvalue weighted by Crippen LogP contribution is 2.24. The van der Waals surface area contributed by atoms with Crippen LogP contribution in [0.4, 0.5) is 0 Å². The van der Waals surface area contributed by atoms with Crippen molar-refractivity contribution in [2.24, 2.45) is 5.73 Å². The molecule has 0 spiro atoms. The van der Waals surface area contributed by atoms with Gasteiger partial charge in [-0.25, -0.2) is 4.98 Å². The van der Waals surface area contributed by atoms with E-state index in [1.807, 2.05) is 0 Å². The summed E-state index contributed by atoms with van der Waals surface area (Å²) >= 11 is 1.72. The maximum absolute atomic E-state index is 5.71. The van der Waals surface area contributed by atoms with Crippen LogP contribution in [0.2, 0.25) is 0 Å². The summed E-state index contributed by atoms with van der Waals surface area (Å²) in [6.07, 6.45) is 2.03. The first-order valence-electron chi connectivity index (χ1n) is 5.24. The van der Waals surface area contributed by atoms with Gasteiger partial charge in [0.05, 0.1) is 10.7 Å². The van der Waals surface area contributed by atoms with Gasteiger partial charge in [0, 0.05) is 37.5 Å². The molecule has 0 aliphatic heterocycles. The first-order valence-corrected chi connectivity index (χ1v) is 6.12. The molecule has 86 valence electrons. The molecular weight excluding hydrogens is 208 g/mol. The second kappa shape index (κ2) is 5.58. The number of aryl methyl sites for hydroxylation is 1. The van der Waals surface area contributed by atoms with Gasteiger partial charge < -0.3 is 10.5 Å². The molecule has 4 heteroatoms. The van der Waals surface area contributed by atoms with Crippen molar-refractivity contribution < 1.29 is 4.74 Å². The van der Waals surface area contributed by atoms with Gasteiger partial charge in [0.2, 0.25) is 0 Å². The Morgan fingerprint density at radius 2 is 2.27 bits per heavy atom. The average molecular weight is 228 g/mol. The zero-order valence-electron chi connectivity index (χ0n) is 9.75. The summed E-state index contributed by atoms with van der Waals surface area (Å²) in [5.74, 6) is 0. The lowest BCUT2D eigenvalue weighted by Gasteiger charge is -2.19. The fourth-order valence-corrected chi connectivity index (χ4v) is 2.24.